The number of quaternary nitrogens is 1. The predicted molar refractivity (Wildman–Crippen MR) is 81.2 cm³/mol. The summed E-state index contributed by atoms with van der Waals surface area (Å²) in [6.07, 6.45) is 10.4. The van der Waals surface area contributed by atoms with E-state index in [1.165, 1.54) is 45.2 Å². The van der Waals surface area contributed by atoms with Crippen molar-refractivity contribution in [1.82, 2.24) is 0 Å². The Morgan fingerprint density at radius 1 is 1.00 bits per heavy atom. The molecule has 0 aliphatic heterocycles. The zero-order chi connectivity index (χ0) is 14.0. The molecule has 0 aromatic carbocycles. The van der Waals surface area contributed by atoms with Crippen LogP contribution in [0.25, 0.3) is 0 Å². The zero-order valence-corrected chi connectivity index (χ0v) is 12.9. The van der Waals surface area contributed by atoms with Crippen molar-refractivity contribution in [3.63, 3.8) is 0 Å². The molecule has 0 amide bonds. The second kappa shape index (κ2) is 9.39. The second-order valence-electron chi connectivity index (χ2n) is 6.03. The summed E-state index contributed by atoms with van der Waals surface area (Å²) in [5.74, 6) is 6.44. The van der Waals surface area contributed by atoms with E-state index in [2.05, 4.69) is 25.7 Å². The summed E-state index contributed by atoms with van der Waals surface area (Å²) in [5.41, 5.74) is -0.668. The van der Waals surface area contributed by atoms with Gasteiger partial charge in [-0.15, -0.1) is 0 Å². The molecule has 110 valence electrons. The summed E-state index contributed by atoms with van der Waals surface area (Å²) >= 11 is 0. The van der Waals surface area contributed by atoms with Crippen molar-refractivity contribution < 1.29 is 10.0 Å². The van der Waals surface area contributed by atoms with E-state index in [-0.39, 0.29) is 0 Å². The number of aliphatic hydroxyl groups is 1. The Hall–Kier alpha value is -0.520. The van der Waals surface area contributed by atoms with Crippen LogP contribution in [0.1, 0.15) is 71.6 Å². The van der Waals surface area contributed by atoms with Crippen LogP contribution in [0.5, 0.6) is 0 Å². The van der Waals surface area contributed by atoms with Crippen molar-refractivity contribution in [2.24, 2.45) is 0 Å². The Labute approximate surface area is 119 Å². The van der Waals surface area contributed by atoms with E-state index in [9.17, 15) is 5.11 Å². The number of nitrogens with one attached hydrogen (secondary N) is 1. The minimum Gasteiger partial charge on any atom is -0.378 e. The zero-order valence-electron chi connectivity index (χ0n) is 12.9. The normalized spacial score (nSPS) is 18.1. The molecule has 1 fully saturated rings. The molecule has 0 heterocycles. The highest BCUT2D eigenvalue weighted by Gasteiger charge is 2.26. The molecule has 0 spiro atoms. The smallest absolute Gasteiger partial charge is 0.139 e. The summed E-state index contributed by atoms with van der Waals surface area (Å²) in [4.78, 5) is 1.59. The molecule has 0 atom stereocenters. The molecular formula is C17H32NO+. The second-order valence-corrected chi connectivity index (χ2v) is 6.03. The first-order chi connectivity index (χ1) is 9.20. The summed E-state index contributed by atoms with van der Waals surface area (Å²) in [6, 6.07) is 0. The van der Waals surface area contributed by atoms with Gasteiger partial charge in [0.25, 0.3) is 0 Å². The van der Waals surface area contributed by atoms with Crippen LogP contribution in [0.3, 0.4) is 0 Å². The maximum atomic E-state index is 10.4. The van der Waals surface area contributed by atoms with Gasteiger partial charge in [-0.3, -0.25) is 0 Å². The molecule has 2 N–H and O–H groups in total. The summed E-state index contributed by atoms with van der Waals surface area (Å²) in [6.45, 7) is 7.84. The van der Waals surface area contributed by atoms with E-state index in [1.807, 2.05) is 0 Å². The van der Waals surface area contributed by atoms with E-state index in [4.69, 9.17) is 0 Å². The van der Waals surface area contributed by atoms with Gasteiger partial charge in [-0.2, -0.15) is 0 Å². The van der Waals surface area contributed by atoms with E-state index in [0.29, 0.717) is 0 Å². The quantitative estimate of drug-likeness (QED) is 0.678. The fraction of sp³-hybridized carbons (Fsp3) is 0.882. The van der Waals surface area contributed by atoms with E-state index in [0.717, 1.165) is 32.2 Å². The Balaban J connectivity index is 2.40. The maximum Gasteiger partial charge on any atom is 0.139 e. The lowest BCUT2D eigenvalue weighted by atomic mass is 9.85. The monoisotopic (exact) mass is 266 g/mol. The minimum absolute atomic E-state index is 0.668. The van der Waals surface area contributed by atoms with E-state index >= 15 is 0 Å². The third-order valence-corrected chi connectivity index (χ3v) is 4.11. The minimum atomic E-state index is -0.668. The van der Waals surface area contributed by atoms with Crippen LogP contribution in [0.15, 0.2) is 0 Å². The molecule has 0 unspecified atom stereocenters. The fourth-order valence-corrected chi connectivity index (χ4v) is 2.75. The summed E-state index contributed by atoms with van der Waals surface area (Å²) in [7, 11) is 0. The number of rotatable bonds is 7. The van der Waals surface area contributed by atoms with Crippen molar-refractivity contribution >= 4 is 0 Å². The Kier molecular flexibility index (Phi) is 8.18. The lowest BCUT2D eigenvalue weighted by Gasteiger charge is -2.26. The number of hydrogen-bond acceptors (Lipinski definition) is 1. The predicted octanol–water partition coefficient (Wildman–Crippen LogP) is 2.17. The van der Waals surface area contributed by atoms with Crippen LogP contribution in [0.4, 0.5) is 0 Å². The van der Waals surface area contributed by atoms with Crippen LogP contribution >= 0.6 is 0 Å². The van der Waals surface area contributed by atoms with Gasteiger partial charge in [-0.25, -0.2) is 0 Å². The molecule has 1 aliphatic rings. The molecule has 0 bridgehead atoms. The number of hydrogen-bond donors (Lipinski definition) is 2. The molecule has 0 aromatic rings. The molecule has 1 rings (SSSR count). The van der Waals surface area contributed by atoms with Gasteiger partial charge in [0.1, 0.15) is 12.1 Å². The molecule has 2 nitrogen and oxygen atoms in total. The molecule has 0 saturated heterocycles. The third-order valence-electron chi connectivity index (χ3n) is 4.11. The number of unbranched alkanes of at least 4 members (excludes halogenated alkanes) is 2. The van der Waals surface area contributed by atoms with Gasteiger partial charge in [0, 0.05) is 0 Å². The van der Waals surface area contributed by atoms with Gasteiger partial charge in [0.2, 0.25) is 0 Å². The highest BCUT2D eigenvalue weighted by Crippen LogP contribution is 2.26. The van der Waals surface area contributed by atoms with Crippen LogP contribution in [0.2, 0.25) is 0 Å². The average Bonchev–Trinajstić information content (AvgIpc) is 2.42. The first kappa shape index (κ1) is 16.5. The molecule has 1 aliphatic carbocycles. The Bertz CT molecular complexity index is 275. The molecule has 2 heteroatoms. The van der Waals surface area contributed by atoms with Crippen molar-refractivity contribution in [3.05, 3.63) is 0 Å². The highest BCUT2D eigenvalue weighted by atomic mass is 16.3. The van der Waals surface area contributed by atoms with Crippen LogP contribution < -0.4 is 4.90 Å². The van der Waals surface area contributed by atoms with Crippen LogP contribution in [-0.4, -0.2) is 30.3 Å². The topological polar surface area (TPSA) is 24.7 Å². The molecule has 0 radical (unpaired) electrons. The van der Waals surface area contributed by atoms with Crippen molar-refractivity contribution in [2.75, 3.05) is 19.6 Å². The Morgan fingerprint density at radius 2 is 1.58 bits per heavy atom. The van der Waals surface area contributed by atoms with Crippen LogP contribution in [0, 0.1) is 11.8 Å². The lowest BCUT2D eigenvalue weighted by molar-refractivity contribution is -0.893. The van der Waals surface area contributed by atoms with Gasteiger partial charge in [-0.1, -0.05) is 39.0 Å². The van der Waals surface area contributed by atoms with Crippen molar-refractivity contribution in [3.8, 4) is 11.8 Å². The van der Waals surface area contributed by atoms with Gasteiger partial charge < -0.3 is 10.0 Å². The van der Waals surface area contributed by atoms with Gasteiger partial charge in [0.05, 0.1) is 13.1 Å². The summed E-state index contributed by atoms with van der Waals surface area (Å²) in [5, 5.41) is 10.4. The molecule has 1 saturated carbocycles. The first-order valence-corrected chi connectivity index (χ1v) is 8.26. The molecular weight excluding hydrogens is 234 g/mol. The summed E-state index contributed by atoms with van der Waals surface area (Å²) < 4.78 is 0. The van der Waals surface area contributed by atoms with Gasteiger partial charge in [0.15, 0.2) is 0 Å². The van der Waals surface area contributed by atoms with E-state index in [1.54, 1.807) is 4.90 Å². The lowest BCUT2D eigenvalue weighted by Crippen LogP contribution is -3.12. The van der Waals surface area contributed by atoms with E-state index < -0.39 is 5.60 Å². The van der Waals surface area contributed by atoms with Gasteiger partial charge in [-0.05, 0) is 44.4 Å². The largest absolute Gasteiger partial charge is 0.378 e. The molecule has 0 aromatic heterocycles. The van der Waals surface area contributed by atoms with Gasteiger partial charge >= 0.3 is 0 Å². The average molecular weight is 266 g/mol. The maximum absolute atomic E-state index is 10.4. The first-order valence-electron chi connectivity index (χ1n) is 8.26. The molecule has 19 heavy (non-hydrogen) atoms. The fourth-order valence-electron chi connectivity index (χ4n) is 2.75. The third kappa shape index (κ3) is 6.99. The van der Waals surface area contributed by atoms with Crippen molar-refractivity contribution in [1.29, 1.82) is 0 Å². The van der Waals surface area contributed by atoms with Crippen molar-refractivity contribution in [2.45, 2.75) is 77.2 Å². The Morgan fingerprint density at radius 3 is 2.11 bits per heavy atom. The van der Waals surface area contributed by atoms with Crippen LogP contribution in [-0.2, 0) is 0 Å². The highest BCUT2D eigenvalue weighted by molar-refractivity contribution is 5.14. The SMILES string of the molecule is CCCC[NH+](CC#CC1(O)CCCCC1)CCCC. The standard InChI is InChI=1S/C17H31NO/c1-3-5-14-18(15-6-4-2)16-10-13-17(19)11-8-7-9-12-17/h19H,3-9,11-12,14-16H2,1-2H3/p+1.